The fraction of sp³-hybridized carbons (Fsp3) is 0.500. The van der Waals surface area contributed by atoms with Gasteiger partial charge in [-0.05, 0) is 43.6 Å². The lowest BCUT2D eigenvalue weighted by atomic mass is 9.81. The van der Waals surface area contributed by atoms with E-state index < -0.39 is 0 Å². The number of thiazole rings is 1. The molecule has 1 N–H and O–H groups in total. The molecule has 1 fully saturated rings. The smallest absolute Gasteiger partial charge is 0.249 e. The zero-order chi connectivity index (χ0) is 17.6. The number of anilines is 1. The van der Waals surface area contributed by atoms with Crippen molar-refractivity contribution in [3.63, 3.8) is 0 Å². The number of alkyl halides is 1. The van der Waals surface area contributed by atoms with Crippen molar-refractivity contribution in [2.75, 3.05) is 5.32 Å². The number of nitrogens with zero attached hydrogens (tertiary/aromatic N) is 1. The SMILES string of the molecule is C=CCC1(Cl)CCC(/C=C/C(=O)Nc2nc(CC=O)cs2)(CC)C1. The molecule has 0 saturated heterocycles. The normalized spacial score (nSPS) is 26.6. The van der Waals surface area contributed by atoms with Gasteiger partial charge in [0.25, 0.3) is 0 Å². The number of nitrogens with one attached hydrogen (secondary N) is 1. The van der Waals surface area contributed by atoms with Gasteiger partial charge in [-0.2, -0.15) is 0 Å². The van der Waals surface area contributed by atoms with Gasteiger partial charge in [-0.15, -0.1) is 29.5 Å². The molecule has 1 aliphatic rings. The second-order valence-electron chi connectivity index (χ2n) is 6.37. The topological polar surface area (TPSA) is 59.1 Å². The molecule has 2 unspecified atom stereocenters. The van der Waals surface area contributed by atoms with Gasteiger partial charge in [-0.3, -0.25) is 10.1 Å². The van der Waals surface area contributed by atoms with Gasteiger partial charge >= 0.3 is 0 Å². The highest BCUT2D eigenvalue weighted by molar-refractivity contribution is 7.14. The Morgan fingerprint density at radius 2 is 2.33 bits per heavy atom. The second kappa shape index (κ2) is 8.08. The number of rotatable bonds is 8. The molecule has 0 radical (unpaired) electrons. The number of hydrogen-bond acceptors (Lipinski definition) is 4. The van der Waals surface area contributed by atoms with Crippen LogP contribution >= 0.6 is 22.9 Å². The summed E-state index contributed by atoms with van der Waals surface area (Å²) >= 11 is 7.99. The lowest BCUT2D eigenvalue weighted by molar-refractivity contribution is -0.112. The van der Waals surface area contributed by atoms with Crippen molar-refractivity contribution >= 4 is 40.3 Å². The van der Waals surface area contributed by atoms with Crippen LogP contribution in [0.2, 0.25) is 0 Å². The van der Waals surface area contributed by atoms with Crippen LogP contribution in [0.4, 0.5) is 5.13 Å². The van der Waals surface area contributed by atoms with Crippen LogP contribution in [0.3, 0.4) is 0 Å². The molecule has 1 aromatic rings. The predicted molar refractivity (Wildman–Crippen MR) is 99.6 cm³/mol. The van der Waals surface area contributed by atoms with Gasteiger partial charge in [-0.25, -0.2) is 4.98 Å². The third-order valence-electron chi connectivity index (χ3n) is 4.62. The molecule has 2 atom stereocenters. The van der Waals surface area contributed by atoms with E-state index in [9.17, 15) is 9.59 Å². The molecular weight excluding hydrogens is 344 g/mol. The highest BCUT2D eigenvalue weighted by atomic mass is 35.5. The molecule has 2 rings (SSSR count). The Morgan fingerprint density at radius 1 is 1.54 bits per heavy atom. The minimum absolute atomic E-state index is 0.0341. The fourth-order valence-corrected chi connectivity index (χ4v) is 4.41. The molecule has 0 aromatic carbocycles. The zero-order valence-electron chi connectivity index (χ0n) is 13.9. The summed E-state index contributed by atoms with van der Waals surface area (Å²) in [7, 11) is 0. The molecular formula is C18H23ClN2O2S. The number of carbonyl (C=O) groups is 2. The number of amides is 1. The van der Waals surface area contributed by atoms with Crippen LogP contribution in [0.15, 0.2) is 30.2 Å². The van der Waals surface area contributed by atoms with Crippen LogP contribution in [-0.2, 0) is 16.0 Å². The van der Waals surface area contributed by atoms with Crippen molar-refractivity contribution in [2.24, 2.45) is 5.41 Å². The number of aldehydes is 1. The summed E-state index contributed by atoms with van der Waals surface area (Å²) < 4.78 is 0. The van der Waals surface area contributed by atoms with Gasteiger partial charge in [0.2, 0.25) is 5.91 Å². The molecule has 0 aliphatic heterocycles. The standard InChI is InChI=1S/C18H23ClN2O2S/c1-3-7-18(19)10-9-17(4-2,13-18)8-5-15(23)21-16-20-14(6-11-22)12-24-16/h3,5,8,11-12H,1,4,6-7,9-10,13H2,2H3,(H,20,21,23)/b8-5+. The summed E-state index contributed by atoms with van der Waals surface area (Å²) in [5.74, 6) is -0.203. The fourth-order valence-electron chi connectivity index (χ4n) is 3.22. The van der Waals surface area contributed by atoms with Crippen molar-refractivity contribution in [1.29, 1.82) is 0 Å². The van der Waals surface area contributed by atoms with Gasteiger partial charge in [0.15, 0.2) is 5.13 Å². The zero-order valence-corrected chi connectivity index (χ0v) is 15.5. The largest absolute Gasteiger partial charge is 0.303 e. The van der Waals surface area contributed by atoms with Gasteiger partial charge < -0.3 is 4.79 Å². The van der Waals surface area contributed by atoms with E-state index in [-0.39, 0.29) is 22.6 Å². The molecule has 1 amide bonds. The number of halogens is 1. The lowest BCUT2D eigenvalue weighted by Gasteiger charge is -2.26. The number of aromatic nitrogens is 1. The minimum Gasteiger partial charge on any atom is -0.303 e. The van der Waals surface area contributed by atoms with E-state index in [0.717, 1.165) is 38.4 Å². The maximum Gasteiger partial charge on any atom is 0.249 e. The summed E-state index contributed by atoms with van der Waals surface area (Å²) in [6.45, 7) is 5.92. The number of hydrogen-bond donors (Lipinski definition) is 1. The van der Waals surface area contributed by atoms with E-state index in [1.165, 1.54) is 11.3 Å². The van der Waals surface area contributed by atoms with Crippen molar-refractivity contribution in [3.8, 4) is 0 Å². The molecule has 1 saturated carbocycles. The highest BCUT2D eigenvalue weighted by Gasteiger charge is 2.44. The van der Waals surface area contributed by atoms with E-state index in [1.54, 1.807) is 11.5 Å². The van der Waals surface area contributed by atoms with Crippen LogP contribution in [0.1, 0.15) is 44.7 Å². The van der Waals surface area contributed by atoms with Crippen LogP contribution in [0, 0.1) is 5.41 Å². The summed E-state index contributed by atoms with van der Waals surface area (Å²) in [6.07, 6.45) is 11.0. The first-order chi connectivity index (χ1) is 11.4. The quantitative estimate of drug-likeness (QED) is 0.318. The Labute approximate surface area is 152 Å². The highest BCUT2D eigenvalue weighted by Crippen LogP contribution is 2.52. The molecule has 1 aliphatic carbocycles. The van der Waals surface area contributed by atoms with Crippen molar-refractivity contribution in [2.45, 2.75) is 50.3 Å². The molecule has 1 heterocycles. The minimum atomic E-state index is -0.238. The summed E-state index contributed by atoms with van der Waals surface area (Å²) in [5, 5.41) is 5.03. The van der Waals surface area contributed by atoms with Crippen molar-refractivity contribution < 1.29 is 9.59 Å². The lowest BCUT2D eigenvalue weighted by Crippen LogP contribution is -2.21. The predicted octanol–water partition coefficient (Wildman–Crippen LogP) is 4.51. The molecule has 24 heavy (non-hydrogen) atoms. The van der Waals surface area contributed by atoms with Crippen molar-refractivity contribution in [1.82, 2.24) is 4.98 Å². The molecule has 6 heteroatoms. The van der Waals surface area contributed by atoms with Gasteiger partial charge in [0.1, 0.15) is 6.29 Å². The monoisotopic (exact) mass is 366 g/mol. The van der Waals surface area contributed by atoms with Gasteiger partial charge in [-0.1, -0.05) is 19.1 Å². The summed E-state index contributed by atoms with van der Waals surface area (Å²) in [6, 6.07) is 0. The second-order valence-corrected chi connectivity index (χ2v) is 8.03. The summed E-state index contributed by atoms with van der Waals surface area (Å²) in [5.41, 5.74) is 0.639. The first-order valence-electron chi connectivity index (χ1n) is 8.12. The van der Waals surface area contributed by atoms with Gasteiger partial charge in [0, 0.05) is 16.7 Å². The Bertz CT molecular complexity index is 643. The molecule has 0 spiro atoms. The Morgan fingerprint density at radius 3 is 3.00 bits per heavy atom. The van der Waals surface area contributed by atoms with Gasteiger partial charge in [0.05, 0.1) is 5.69 Å². The van der Waals surface area contributed by atoms with Crippen LogP contribution in [0.25, 0.3) is 0 Å². The first kappa shape index (κ1) is 18.9. The Hall–Kier alpha value is -1.46. The van der Waals surface area contributed by atoms with Crippen LogP contribution in [-0.4, -0.2) is 22.1 Å². The first-order valence-corrected chi connectivity index (χ1v) is 9.38. The van der Waals surface area contributed by atoms with Crippen molar-refractivity contribution in [3.05, 3.63) is 35.9 Å². The average molecular weight is 367 g/mol. The summed E-state index contributed by atoms with van der Waals surface area (Å²) in [4.78, 5) is 26.6. The number of carbonyl (C=O) groups excluding carboxylic acids is 2. The Kier molecular flexibility index (Phi) is 6.35. The van der Waals surface area contributed by atoms with Crippen LogP contribution < -0.4 is 5.32 Å². The van der Waals surface area contributed by atoms with E-state index in [0.29, 0.717) is 10.8 Å². The molecule has 4 nitrogen and oxygen atoms in total. The third kappa shape index (κ3) is 4.77. The molecule has 1 aromatic heterocycles. The third-order valence-corrected chi connectivity index (χ3v) is 5.90. The molecule has 0 bridgehead atoms. The molecule has 130 valence electrons. The van der Waals surface area contributed by atoms with E-state index in [1.807, 2.05) is 12.2 Å². The van der Waals surface area contributed by atoms with E-state index >= 15 is 0 Å². The van der Waals surface area contributed by atoms with Crippen LogP contribution in [0.5, 0.6) is 0 Å². The van der Waals surface area contributed by atoms with E-state index in [4.69, 9.17) is 11.6 Å². The Balaban J connectivity index is 1.98. The average Bonchev–Trinajstić information content (AvgIpc) is 3.11. The number of allylic oxidation sites excluding steroid dienone is 2. The maximum atomic E-state index is 12.1. The maximum absolute atomic E-state index is 12.1. The van der Waals surface area contributed by atoms with E-state index in [2.05, 4.69) is 23.8 Å².